The molecule has 0 spiro atoms. The Hall–Kier alpha value is -1.27. The van der Waals surface area contributed by atoms with E-state index in [4.69, 9.17) is 16.3 Å². The number of carbonyl (C=O) groups excluding carboxylic acids is 2. The van der Waals surface area contributed by atoms with Crippen molar-refractivity contribution < 1.29 is 14.3 Å². The molecule has 2 amide bonds. The molecule has 3 rings (SSSR count). The van der Waals surface area contributed by atoms with Crippen LogP contribution in [0, 0.1) is 5.92 Å². The van der Waals surface area contributed by atoms with Crippen LogP contribution < -0.4 is 4.74 Å². The normalized spacial score (nSPS) is 19.1. The Kier molecular flexibility index (Phi) is 5.35. The van der Waals surface area contributed by atoms with Crippen molar-refractivity contribution in [3.8, 4) is 5.75 Å². The van der Waals surface area contributed by atoms with Gasteiger partial charge in [0, 0.05) is 37.1 Å². The van der Waals surface area contributed by atoms with Crippen molar-refractivity contribution in [3.63, 3.8) is 0 Å². The van der Waals surface area contributed by atoms with Crippen LogP contribution in [0.4, 0.5) is 0 Å². The van der Waals surface area contributed by atoms with Crippen molar-refractivity contribution in [1.29, 1.82) is 0 Å². The summed E-state index contributed by atoms with van der Waals surface area (Å²) in [4.78, 5) is 28.3. The number of rotatable bonds is 4. The summed E-state index contributed by atoms with van der Waals surface area (Å²) in [5.41, 5.74) is 0. The van der Waals surface area contributed by atoms with Crippen LogP contribution in [0.3, 0.4) is 0 Å². The molecule has 0 N–H and O–H groups in total. The first-order valence-electron chi connectivity index (χ1n) is 8.15. The van der Waals surface area contributed by atoms with Gasteiger partial charge in [0.2, 0.25) is 5.91 Å². The molecule has 2 aliphatic rings. The van der Waals surface area contributed by atoms with Gasteiger partial charge >= 0.3 is 0 Å². The maximum Gasteiger partial charge on any atom is 0.263 e. The van der Waals surface area contributed by atoms with Crippen LogP contribution >= 0.6 is 27.5 Å². The summed E-state index contributed by atoms with van der Waals surface area (Å²) < 4.78 is 6.48. The molecule has 1 saturated heterocycles. The molecule has 1 saturated carbocycles. The largest absolute Gasteiger partial charge is 0.480 e. The summed E-state index contributed by atoms with van der Waals surface area (Å²) in [5.74, 6) is 1.01. The van der Waals surface area contributed by atoms with Crippen LogP contribution in [0.2, 0.25) is 5.02 Å². The Morgan fingerprint density at radius 2 is 1.83 bits per heavy atom. The third kappa shape index (κ3) is 4.03. The minimum Gasteiger partial charge on any atom is -0.480 e. The molecule has 0 radical (unpaired) electrons. The maximum absolute atomic E-state index is 12.6. The zero-order valence-corrected chi connectivity index (χ0v) is 15.8. The number of piperazine rings is 1. The number of nitrogens with zero attached hydrogens (tertiary/aromatic N) is 2. The standard InChI is InChI=1S/C17H20BrClN2O3/c1-11(24-15-5-4-13(19)10-14(15)18)16(22)20-6-8-21(9-7-20)17(23)12-2-3-12/h4-5,10-12H,2-3,6-9H2,1H3/t11-/m0/s1. The lowest BCUT2D eigenvalue weighted by Crippen LogP contribution is -2.53. The molecular weight excluding hydrogens is 396 g/mol. The van der Waals surface area contributed by atoms with E-state index in [-0.39, 0.29) is 17.7 Å². The van der Waals surface area contributed by atoms with Crippen molar-refractivity contribution in [2.24, 2.45) is 5.92 Å². The summed E-state index contributed by atoms with van der Waals surface area (Å²) in [5, 5.41) is 0.602. The van der Waals surface area contributed by atoms with Gasteiger partial charge in [0.1, 0.15) is 5.75 Å². The monoisotopic (exact) mass is 414 g/mol. The van der Waals surface area contributed by atoms with Crippen molar-refractivity contribution in [1.82, 2.24) is 9.80 Å². The summed E-state index contributed by atoms with van der Waals surface area (Å²) >= 11 is 9.30. The second-order valence-electron chi connectivity index (χ2n) is 6.26. The van der Waals surface area contributed by atoms with E-state index in [9.17, 15) is 9.59 Å². The first-order chi connectivity index (χ1) is 11.5. The molecular formula is C17H20BrClN2O3. The Balaban J connectivity index is 1.53. The number of halogens is 2. The van der Waals surface area contributed by atoms with E-state index in [0.29, 0.717) is 37.0 Å². The zero-order valence-electron chi connectivity index (χ0n) is 13.5. The smallest absolute Gasteiger partial charge is 0.263 e. The molecule has 1 aliphatic carbocycles. The lowest BCUT2D eigenvalue weighted by molar-refractivity contribution is -0.144. The number of amides is 2. The number of ether oxygens (including phenoxy) is 1. The Bertz CT molecular complexity index is 643. The molecule has 2 fully saturated rings. The average molecular weight is 416 g/mol. The molecule has 0 aromatic heterocycles. The first-order valence-corrected chi connectivity index (χ1v) is 9.32. The number of hydrogen-bond acceptors (Lipinski definition) is 3. The minimum atomic E-state index is -0.590. The van der Waals surface area contributed by atoms with E-state index in [1.54, 1.807) is 30.0 Å². The highest BCUT2D eigenvalue weighted by Crippen LogP contribution is 2.31. The van der Waals surface area contributed by atoms with Crippen LogP contribution in [0.15, 0.2) is 22.7 Å². The fourth-order valence-corrected chi connectivity index (χ4v) is 3.58. The number of carbonyl (C=O) groups is 2. The zero-order chi connectivity index (χ0) is 17.3. The third-order valence-electron chi connectivity index (χ3n) is 4.38. The van der Waals surface area contributed by atoms with Gasteiger partial charge in [0.15, 0.2) is 6.10 Å². The third-order valence-corrected chi connectivity index (χ3v) is 5.23. The Labute approximate surface area is 155 Å². The van der Waals surface area contributed by atoms with Gasteiger partial charge in [-0.1, -0.05) is 11.6 Å². The molecule has 1 atom stereocenters. The van der Waals surface area contributed by atoms with Gasteiger partial charge in [0.25, 0.3) is 5.91 Å². The predicted molar refractivity (Wildman–Crippen MR) is 95.1 cm³/mol. The van der Waals surface area contributed by atoms with E-state index in [1.165, 1.54) is 0 Å². The SMILES string of the molecule is C[C@H](Oc1ccc(Cl)cc1Br)C(=O)N1CCN(C(=O)C2CC2)CC1. The lowest BCUT2D eigenvalue weighted by atomic mass is 10.2. The summed E-state index contributed by atoms with van der Waals surface area (Å²) in [7, 11) is 0. The highest BCUT2D eigenvalue weighted by molar-refractivity contribution is 9.10. The van der Waals surface area contributed by atoms with Crippen LogP contribution in [0.25, 0.3) is 0 Å². The van der Waals surface area contributed by atoms with Crippen LogP contribution in [0.5, 0.6) is 5.75 Å². The molecule has 0 unspecified atom stereocenters. The van der Waals surface area contributed by atoms with Crippen molar-refractivity contribution in [2.75, 3.05) is 26.2 Å². The molecule has 1 aromatic rings. The fourth-order valence-electron chi connectivity index (χ4n) is 2.80. The van der Waals surface area contributed by atoms with Gasteiger partial charge in [0.05, 0.1) is 4.47 Å². The van der Waals surface area contributed by atoms with Gasteiger partial charge in [-0.2, -0.15) is 0 Å². The van der Waals surface area contributed by atoms with E-state index < -0.39 is 6.10 Å². The molecule has 130 valence electrons. The molecule has 0 bridgehead atoms. The van der Waals surface area contributed by atoms with Gasteiger partial charge in [-0.25, -0.2) is 0 Å². The summed E-state index contributed by atoms with van der Waals surface area (Å²) in [6.07, 6.45) is 1.44. The van der Waals surface area contributed by atoms with E-state index in [0.717, 1.165) is 17.3 Å². The topological polar surface area (TPSA) is 49.9 Å². The summed E-state index contributed by atoms with van der Waals surface area (Å²) in [6.45, 7) is 4.08. The second kappa shape index (κ2) is 7.31. The highest BCUT2D eigenvalue weighted by Gasteiger charge is 2.35. The van der Waals surface area contributed by atoms with Crippen molar-refractivity contribution >= 4 is 39.3 Å². The molecule has 7 heteroatoms. The Morgan fingerprint density at radius 1 is 1.21 bits per heavy atom. The molecule has 1 aromatic carbocycles. The summed E-state index contributed by atoms with van der Waals surface area (Å²) in [6, 6.07) is 5.19. The lowest BCUT2D eigenvalue weighted by Gasteiger charge is -2.36. The number of hydrogen-bond donors (Lipinski definition) is 0. The predicted octanol–water partition coefficient (Wildman–Crippen LogP) is 2.95. The first kappa shape index (κ1) is 17.5. The maximum atomic E-state index is 12.6. The van der Waals surface area contributed by atoms with Gasteiger partial charge in [-0.05, 0) is 53.9 Å². The second-order valence-corrected chi connectivity index (χ2v) is 7.55. The number of benzene rings is 1. The molecule has 5 nitrogen and oxygen atoms in total. The van der Waals surface area contributed by atoms with Gasteiger partial charge in [-0.15, -0.1) is 0 Å². The minimum absolute atomic E-state index is 0.0598. The average Bonchev–Trinajstić information content (AvgIpc) is 3.41. The van der Waals surface area contributed by atoms with Crippen LogP contribution in [-0.4, -0.2) is 53.9 Å². The highest BCUT2D eigenvalue weighted by atomic mass is 79.9. The molecule has 24 heavy (non-hydrogen) atoms. The van der Waals surface area contributed by atoms with Crippen molar-refractivity contribution in [2.45, 2.75) is 25.9 Å². The fraction of sp³-hybridized carbons (Fsp3) is 0.529. The van der Waals surface area contributed by atoms with Gasteiger partial charge in [-0.3, -0.25) is 9.59 Å². The molecule has 1 aliphatic heterocycles. The van der Waals surface area contributed by atoms with E-state index in [2.05, 4.69) is 15.9 Å². The van der Waals surface area contributed by atoms with Crippen molar-refractivity contribution in [3.05, 3.63) is 27.7 Å². The Morgan fingerprint density at radius 3 is 2.42 bits per heavy atom. The van der Waals surface area contributed by atoms with E-state index in [1.807, 2.05) is 4.90 Å². The van der Waals surface area contributed by atoms with Crippen LogP contribution in [0.1, 0.15) is 19.8 Å². The van der Waals surface area contributed by atoms with Gasteiger partial charge < -0.3 is 14.5 Å². The van der Waals surface area contributed by atoms with Crippen LogP contribution in [-0.2, 0) is 9.59 Å². The molecule has 1 heterocycles. The van der Waals surface area contributed by atoms with E-state index >= 15 is 0 Å². The quantitative estimate of drug-likeness (QED) is 0.760.